The molecule has 0 aliphatic heterocycles. The van der Waals surface area contributed by atoms with E-state index in [4.69, 9.17) is 5.11 Å². The van der Waals surface area contributed by atoms with E-state index in [1.165, 1.54) is 44.3 Å². The molecule has 1 atom stereocenters. The van der Waals surface area contributed by atoms with Gasteiger partial charge in [0, 0.05) is 6.42 Å². The van der Waals surface area contributed by atoms with E-state index in [1.807, 2.05) is 6.20 Å². The van der Waals surface area contributed by atoms with Crippen molar-refractivity contribution in [2.24, 2.45) is 5.92 Å². The largest absolute Gasteiger partial charge is 0.481 e. The van der Waals surface area contributed by atoms with Crippen molar-refractivity contribution in [3.05, 3.63) is 18.2 Å². The van der Waals surface area contributed by atoms with Crippen LogP contribution in [0.2, 0.25) is 0 Å². The average molecular weight is 295 g/mol. The van der Waals surface area contributed by atoms with Gasteiger partial charge in [0.05, 0.1) is 12.5 Å². The Hall–Kier alpha value is -1.32. The first-order valence-corrected chi connectivity index (χ1v) is 8.40. The van der Waals surface area contributed by atoms with Gasteiger partial charge in [0.15, 0.2) is 0 Å². The Morgan fingerprint density at radius 1 is 1.24 bits per heavy atom. The molecule has 1 N–H and O–H groups in total. The third-order valence-corrected chi connectivity index (χ3v) is 4.08. The molecule has 0 spiro atoms. The van der Waals surface area contributed by atoms with Crippen molar-refractivity contribution in [1.82, 2.24) is 4.57 Å². The Labute approximate surface area is 128 Å². The average Bonchev–Trinajstić information content (AvgIpc) is 2.84. The summed E-state index contributed by atoms with van der Waals surface area (Å²) in [6.07, 6.45) is 12.9. The van der Waals surface area contributed by atoms with Gasteiger partial charge in [0.25, 0.3) is 5.82 Å². The molecular formula is C17H31N2O2+. The lowest BCUT2D eigenvalue weighted by atomic mass is 10.1. The predicted octanol–water partition coefficient (Wildman–Crippen LogP) is 3.42. The SMILES string of the molecule is CCCCCCCCc1n(CC)cc[n+]1CC(C)C(=O)O. The van der Waals surface area contributed by atoms with Gasteiger partial charge in [0.2, 0.25) is 0 Å². The summed E-state index contributed by atoms with van der Waals surface area (Å²) in [6.45, 7) is 7.65. The summed E-state index contributed by atoms with van der Waals surface area (Å²) < 4.78 is 4.36. The van der Waals surface area contributed by atoms with Crippen LogP contribution in [0.4, 0.5) is 0 Å². The number of aromatic nitrogens is 2. The van der Waals surface area contributed by atoms with Crippen molar-refractivity contribution in [3.63, 3.8) is 0 Å². The molecule has 1 rings (SSSR count). The first-order chi connectivity index (χ1) is 10.1. The van der Waals surface area contributed by atoms with Gasteiger partial charge in [-0.25, -0.2) is 9.13 Å². The standard InChI is InChI=1S/C17H30N2O2/c1-4-6-7-8-9-10-11-16-18(5-2)12-13-19(16)14-15(3)17(20)21/h12-13,15H,4-11,14H2,1-3H3/p+1. The van der Waals surface area contributed by atoms with Crippen LogP contribution in [0.1, 0.15) is 65.1 Å². The molecule has 1 heterocycles. The molecule has 1 aromatic heterocycles. The van der Waals surface area contributed by atoms with Crippen LogP contribution in [0, 0.1) is 5.92 Å². The molecule has 0 aliphatic rings. The molecule has 4 nitrogen and oxygen atoms in total. The Morgan fingerprint density at radius 2 is 1.90 bits per heavy atom. The number of carboxylic acid groups (broad SMARTS) is 1. The van der Waals surface area contributed by atoms with Crippen molar-refractivity contribution < 1.29 is 14.5 Å². The number of unbranched alkanes of at least 4 members (excludes halogenated alkanes) is 5. The van der Waals surface area contributed by atoms with E-state index in [0.717, 1.165) is 13.0 Å². The Bertz CT molecular complexity index is 426. The highest BCUT2D eigenvalue weighted by atomic mass is 16.4. The molecule has 1 unspecified atom stereocenters. The van der Waals surface area contributed by atoms with E-state index in [-0.39, 0.29) is 5.92 Å². The van der Waals surface area contributed by atoms with Crippen molar-refractivity contribution in [2.45, 2.75) is 78.8 Å². The van der Waals surface area contributed by atoms with Gasteiger partial charge in [-0.2, -0.15) is 0 Å². The molecule has 0 amide bonds. The molecule has 1 aromatic rings. The van der Waals surface area contributed by atoms with Gasteiger partial charge in [0.1, 0.15) is 18.9 Å². The van der Waals surface area contributed by atoms with E-state index in [0.29, 0.717) is 6.54 Å². The van der Waals surface area contributed by atoms with Gasteiger partial charge in [-0.05, 0) is 20.3 Å². The Morgan fingerprint density at radius 3 is 2.52 bits per heavy atom. The number of carboxylic acids is 1. The maximum absolute atomic E-state index is 11.0. The minimum Gasteiger partial charge on any atom is -0.481 e. The van der Waals surface area contributed by atoms with Gasteiger partial charge < -0.3 is 5.11 Å². The lowest BCUT2D eigenvalue weighted by Gasteiger charge is -2.07. The van der Waals surface area contributed by atoms with Crippen molar-refractivity contribution in [2.75, 3.05) is 0 Å². The Balaban J connectivity index is 2.54. The van der Waals surface area contributed by atoms with Gasteiger partial charge in [-0.1, -0.05) is 39.0 Å². The summed E-state index contributed by atoms with van der Waals surface area (Å²) in [4.78, 5) is 11.0. The lowest BCUT2D eigenvalue weighted by molar-refractivity contribution is -0.707. The maximum atomic E-state index is 11.0. The van der Waals surface area contributed by atoms with Crippen LogP contribution in [0.5, 0.6) is 0 Å². The summed E-state index contributed by atoms with van der Waals surface area (Å²) in [6, 6.07) is 0. The molecule has 0 fully saturated rings. The predicted molar refractivity (Wildman–Crippen MR) is 84.2 cm³/mol. The maximum Gasteiger partial charge on any atom is 0.310 e. The molecule has 0 aromatic carbocycles. The van der Waals surface area contributed by atoms with Crippen LogP contribution >= 0.6 is 0 Å². The molecule has 120 valence electrons. The summed E-state index contributed by atoms with van der Waals surface area (Å²) in [5.74, 6) is 0.198. The summed E-state index contributed by atoms with van der Waals surface area (Å²) >= 11 is 0. The molecular weight excluding hydrogens is 264 g/mol. The Kier molecular flexibility index (Phi) is 8.09. The first kappa shape index (κ1) is 17.7. The second-order valence-corrected chi connectivity index (χ2v) is 5.91. The summed E-state index contributed by atoms with van der Waals surface area (Å²) in [5.41, 5.74) is 0. The third-order valence-electron chi connectivity index (χ3n) is 4.08. The molecule has 0 radical (unpaired) electrons. The zero-order valence-electron chi connectivity index (χ0n) is 13.8. The number of imidazole rings is 1. The van der Waals surface area contributed by atoms with E-state index in [1.54, 1.807) is 6.92 Å². The topological polar surface area (TPSA) is 46.1 Å². The fourth-order valence-electron chi connectivity index (χ4n) is 2.68. The second-order valence-electron chi connectivity index (χ2n) is 5.91. The highest BCUT2D eigenvalue weighted by Gasteiger charge is 2.20. The quantitative estimate of drug-likeness (QED) is 0.502. The zero-order chi connectivity index (χ0) is 15.7. The van der Waals surface area contributed by atoms with Crippen LogP contribution in [-0.2, 0) is 24.3 Å². The van der Waals surface area contributed by atoms with Crippen molar-refractivity contribution in [3.8, 4) is 0 Å². The first-order valence-electron chi connectivity index (χ1n) is 8.40. The highest BCUT2D eigenvalue weighted by molar-refractivity contribution is 5.69. The van der Waals surface area contributed by atoms with Crippen LogP contribution in [0.15, 0.2) is 12.4 Å². The number of aliphatic carboxylic acids is 1. The number of hydrogen-bond acceptors (Lipinski definition) is 1. The van der Waals surface area contributed by atoms with Crippen LogP contribution in [-0.4, -0.2) is 15.6 Å². The zero-order valence-corrected chi connectivity index (χ0v) is 13.8. The van der Waals surface area contributed by atoms with E-state index in [2.05, 4.69) is 29.2 Å². The number of hydrogen-bond donors (Lipinski definition) is 1. The molecule has 0 saturated heterocycles. The molecule has 4 heteroatoms. The van der Waals surface area contributed by atoms with E-state index >= 15 is 0 Å². The summed E-state index contributed by atoms with van der Waals surface area (Å²) in [5, 5.41) is 9.07. The normalized spacial score (nSPS) is 12.5. The smallest absolute Gasteiger partial charge is 0.310 e. The van der Waals surface area contributed by atoms with Gasteiger partial charge in [-0.3, -0.25) is 4.79 Å². The summed E-state index contributed by atoms with van der Waals surface area (Å²) in [7, 11) is 0. The minimum absolute atomic E-state index is 0.342. The number of aryl methyl sites for hydroxylation is 1. The number of rotatable bonds is 11. The van der Waals surface area contributed by atoms with Gasteiger partial charge in [-0.15, -0.1) is 0 Å². The second kappa shape index (κ2) is 9.59. The van der Waals surface area contributed by atoms with Crippen LogP contribution in [0.25, 0.3) is 0 Å². The fraction of sp³-hybridized carbons (Fsp3) is 0.765. The number of nitrogens with zero attached hydrogens (tertiary/aromatic N) is 2. The van der Waals surface area contributed by atoms with Crippen molar-refractivity contribution >= 4 is 5.97 Å². The molecule has 21 heavy (non-hydrogen) atoms. The third kappa shape index (κ3) is 5.90. The van der Waals surface area contributed by atoms with Crippen LogP contribution in [0.3, 0.4) is 0 Å². The van der Waals surface area contributed by atoms with E-state index < -0.39 is 5.97 Å². The highest BCUT2D eigenvalue weighted by Crippen LogP contribution is 2.09. The lowest BCUT2D eigenvalue weighted by Crippen LogP contribution is -2.41. The fourth-order valence-corrected chi connectivity index (χ4v) is 2.68. The molecule has 0 bridgehead atoms. The van der Waals surface area contributed by atoms with Crippen LogP contribution < -0.4 is 4.57 Å². The monoisotopic (exact) mass is 295 g/mol. The molecule has 0 aliphatic carbocycles. The molecule has 0 saturated carbocycles. The number of carbonyl (C=O) groups is 1. The van der Waals surface area contributed by atoms with Gasteiger partial charge >= 0.3 is 5.97 Å². The minimum atomic E-state index is -0.725. The van der Waals surface area contributed by atoms with E-state index in [9.17, 15) is 4.79 Å². The van der Waals surface area contributed by atoms with Crippen molar-refractivity contribution in [1.29, 1.82) is 0 Å².